The Bertz CT molecular complexity index is 605. The third-order valence-corrected chi connectivity index (χ3v) is 2.97. The third kappa shape index (κ3) is 4.09. The number of hydrogen-bond donors (Lipinski definition) is 2. The Labute approximate surface area is 119 Å². The molecule has 104 valence electrons. The molecule has 1 aromatic carbocycles. The summed E-state index contributed by atoms with van der Waals surface area (Å²) >= 11 is 0. The average Bonchev–Trinajstić information content (AvgIpc) is 2.45. The first-order chi connectivity index (χ1) is 9.67. The summed E-state index contributed by atoms with van der Waals surface area (Å²) in [6.45, 7) is 4.57. The van der Waals surface area contributed by atoms with Crippen LogP contribution in [0.25, 0.3) is 0 Å². The molecular weight excluding hydrogens is 248 g/mol. The van der Waals surface area contributed by atoms with Crippen LogP contribution in [0, 0.1) is 6.92 Å². The van der Waals surface area contributed by atoms with Gasteiger partial charge >= 0.3 is 0 Å². The van der Waals surface area contributed by atoms with Crippen molar-refractivity contribution in [1.29, 1.82) is 0 Å². The summed E-state index contributed by atoms with van der Waals surface area (Å²) in [6, 6.07) is 14.0. The number of benzene rings is 1. The Hall–Kier alpha value is -2.36. The lowest BCUT2D eigenvalue weighted by Crippen LogP contribution is -2.22. The van der Waals surface area contributed by atoms with E-state index in [1.54, 1.807) is 0 Å². The molecule has 0 aliphatic carbocycles. The Kier molecular flexibility index (Phi) is 4.71. The van der Waals surface area contributed by atoms with Crippen LogP contribution in [0.4, 0.5) is 5.69 Å². The van der Waals surface area contributed by atoms with Gasteiger partial charge in [-0.25, -0.2) is 4.99 Å². The molecule has 0 fully saturated rings. The highest BCUT2D eigenvalue weighted by atomic mass is 15.1. The third-order valence-electron chi connectivity index (χ3n) is 2.97. The van der Waals surface area contributed by atoms with Crippen LogP contribution in [0.2, 0.25) is 0 Å². The molecule has 0 aliphatic rings. The first-order valence-corrected chi connectivity index (χ1v) is 6.76. The molecule has 0 bridgehead atoms. The fourth-order valence-corrected chi connectivity index (χ4v) is 1.91. The van der Waals surface area contributed by atoms with Crippen molar-refractivity contribution in [3.63, 3.8) is 0 Å². The number of nitrogens with one attached hydrogen (secondary N) is 1. The first-order valence-electron chi connectivity index (χ1n) is 6.76. The van der Waals surface area contributed by atoms with E-state index in [-0.39, 0.29) is 0 Å². The lowest BCUT2D eigenvalue weighted by Gasteiger charge is -2.07. The zero-order valence-electron chi connectivity index (χ0n) is 11.9. The van der Waals surface area contributed by atoms with Gasteiger partial charge in [0.05, 0.1) is 12.2 Å². The fraction of sp³-hybridized carbons (Fsp3) is 0.250. The highest BCUT2D eigenvalue weighted by molar-refractivity contribution is 5.92. The molecule has 0 unspecified atom stereocenters. The molecule has 3 N–H and O–H groups in total. The van der Waals surface area contributed by atoms with Crippen LogP contribution in [0.5, 0.6) is 0 Å². The summed E-state index contributed by atoms with van der Waals surface area (Å²) in [4.78, 5) is 8.70. The predicted octanol–water partition coefficient (Wildman–Crippen LogP) is 2.88. The lowest BCUT2D eigenvalue weighted by atomic mass is 10.1. The van der Waals surface area contributed by atoms with Gasteiger partial charge in [0.25, 0.3) is 0 Å². The van der Waals surface area contributed by atoms with Crippen molar-refractivity contribution >= 4 is 11.6 Å². The minimum Gasteiger partial charge on any atom is -0.370 e. The van der Waals surface area contributed by atoms with Gasteiger partial charge in [-0.1, -0.05) is 25.1 Å². The number of nitrogens with zero attached hydrogens (tertiary/aromatic N) is 2. The highest BCUT2D eigenvalue weighted by Gasteiger charge is 1.98. The van der Waals surface area contributed by atoms with Gasteiger partial charge in [-0.3, -0.25) is 4.98 Å². The number of guanidine groups is 1. The number of rotatable bonds is 4. The molecule has 0 atom stereocenters. The molecule has 0 spiro atoms. The van der Waals surface area contributed by atoms with E-state index in [2.05, 4.69) is 34.3 Å². The minimum atomic E-state index is 0.404. The molecule has 2 rings (SSSR count). The molecule has 0 amide bonds. The van der Waals surface area contributed by atoms with Crippen molar-refractivity contribution < 1.29 is 0 Å². The number of pyridine rings is 1. The Morgan fingerprint density at radius 2 is 2.05 bits per heavy atom. The second-order valence-electron chi connectivity index (χ2n) is 4.65. The smallest absolute Gasteiger partial charge is 0.193 e. The summed E-state index contributed by atoms with van der Waals surface area (Å²) < 4.78 is 0. The maximum atomic E-state index is 5.89. The molecular formula is C16H20N4. The SMILES string of the molecule is CCc1cccc(NC(N)=NCc2cccc(C)n2)c1. The molecule has 0 radical (unpaired) electrons. The molecule has 4 nitrogen and oxygen atoms in total. The number of nitrogens with two attached hydrogens (primary N) is 1. The number of aliphatic imine (C=N–C) groups is 1. The van der Waals surface area contributed by atoms with Gasteiger partial charge in [0, 0.05) is 11.4 Å². The van der Waals surface area contributed by atoms with Crippen LogP contribution in [-0.2, 0) is 13.0 Å². The number of hydrogen-bond acceptors (Lipinski definition) is 2. The van der Waals surface area contributed by atoms with E-state index < -0.39 is 0 Å². The molecule has 0 aliphatic heterocycles. The van der Waals surface area contributed by atoms with Crippen molar-refractivity contribution in [2.24, 2.45) is 10.7 Å². The summed E-state index contributed by atoms with van der Waals surface area (Å²) in [6.07, 6.45) is 1.000. The van der Waals surface area contributed by atoms with Crippen LogP contribution >= 0.6 is 0 Å². The van der Waals surface area contributed by atoms with Crippen molar-refractivity contribution in [2.75, 3.05) is 5.32 Å². The van der Waals surface area contributed by atoms with Crippen molar-refractivity contribution in [1.82, 2.24) is 4.98 Å². The molecule has 0 saturated heterocycles. The van der Waals surface area contributed by atoms with E-state index in [9.17, 15) is 0 Å². The molecule has 2 aromatic rings. The first kappa shape index (κ1) is 14.1. The zero-order chi connectivity index (χ0) is 14.4. The average molecular weight is 268 g/mol. The number of aryl methyl sites for hydroxylation is 2. The molecule has 1 heterocycles. The monoisotopic (exact) mass is 268 g/mol. The largest absolute Gasteiger partial charge is 0.370 e. The van der Waals surface area contributed by atoms with Crippen LogP contribution in [0.15, 0.2) is 47.5 Å². The molecule has 1 aromatic heterocycles. The normalized spacial score (nSPS) is 11.4. The van der Waals surface area contributed by atoms with Gasteiger partial charge in [0.1, 0.15) is 0 Å². The minimum absolute atomic E-state index is 0.404. The highest BCUT2D eigenvalue weighted by Crippen LogP contribution is 2.10. The number of anilines is 1. The maximum absolute atomic E-state index is 5.89. The molecule has 4 heteroatoms. The summed E-state index contributed by atoms with van der Waals surface area (Å²) in [5.41, 5.74) is 10.0. The molecule has 20 heavy (non-hydrogen) atoms. The standard InChI is InChI=1S/C16H20N4/c1-3-13-7-5-8-14(10-13)20-16(17)18-11-15-9-4-6-12(2)19-15/h4-10H,3,11H2,1-2H3,(H3,17,18,20). The van der Waals surface area contributed by atoms with E-state index in [0.29, 0.717) is 12.5 Å². The van der Waals surface area contributed by atoms with Crippen LogP contribution in [0.1, 0.15) is 23.9 Å². The topological polar surface area (TPSA) is 63.3 Å². The van der Waals surface area contributed by atoms with Crippen LogP contribution in [-0.4, -0.2) is 10.9 Å². The van der Waals surface area contributed by atoms with Crippen molar-refractivity contribution in [3.05, 3.63) is 59.4 Å². The quantitative estimate of drug-likeness (QED) is 0.662. The molecule has 0 saturated carbocycles. The zero-order valence-corrected chi connectivity index (χ0v) is 11.9. The summed E-state index contributed by atoms with van der Waals surface area (Å²) in [5, 5.41) is 3.10. The second kappa shape index (κ2) is 6.70. The van der Waals surface area contributed by atoms with Crippen LogP contribution < -0.4 is 11.1 Å². The van der Waals surface area contributed by atoms with E-state index in [4.69, 9.17) is 5.73 Å². The van der Waals surface area contributed by atoms with E-state index in [1.165, 1.54) is 5.56 Å². The van der Waals surface area contributed by atoms with Crippen LogP contribution in [0.3, 0.4) is 0 Å². The van der Waals surface area contributed by atoms with E-state index in [1.807, 2.05) is 37.3 Å². The van der Waals surface area contributed by atoms with Crippen molar-refractivity contribution in [3.8, 4) is 0 Å². The van der Waals surface area contributed by atoms with Gasteiger partial charge in [-0.15, -0.1) is 0 Å². The number of aromatic nitrogens is 1. The van der Waals surface area contributed by atoms with Gasteiger partial charge in [0.2, 0.25) is 0 Å². The Morgan fingerprint density at radius 3 is 2.80 bits per heavy atom. The predicted molar refractivity (Wildman–Crippen MR) is 83.7 cm³/mol. The Morgan fingerprint density at radius 1 is 1.25 bits per heavy atom. The lowest BCUT2D eigenvalue weighted by molar-refractivity contribution is 0.965. The van der Waals surface area contributed by atoms with E-state index >= 15 is 0 Å². The van der Waals surface area contributed by atoms with Gasteiger partial charge < -0.3 is 11.1 Å². The van der Waals surface area contributed by atoms with E-state index in [0.717, 1.165) is 23.5 Å². The Balaban J connectivity index is 2.00. The fourth-order valence-electron chi connectivity index (χ4n) is 1.91. The maximum Gasteiger partial charge on any atom is 0.193 e. The van der Waals surface area contributed by atoms with Crippen molar-refractivity contribution in [2.45, 2.75) is 26.8 Å². The second-order valence-corrected chi connectivity index (χ2v) is 4.65. The van der Waals surface area contributed by atoms with Gasteiger partial charge in [-0.05, 0) is 43.2 Å². The summed E-state index contributed by atoms with van der Waals surface area (Å²) in [7, 11) is 0. The van der Waals surface area contributed by atoms with Gasteiger partial charge in [0.15, 0.2) is 5.96 Å². The summed E-state index contributed by atoms with van der Waals surface area (Å²) in [5.74, 6) is 0.404. The van der Waals surface area contributed by atoms with Gasteiger partial charge in [-0.2, -0.15) is 0 Å².